The SMILES string of the molecule is OCC1CCN(Cc2ccc(N3CCOCC3)cc2)C1. The molecule has 1 N–H and O–H groups in total. The molecule has 4 nitrogen and oxygen atoms in total. The lowest BCUT2D eigenvalue weighted by Crippen LogP contribution is -2.36. The van der Waals surface area contributed by atoms with Gasteiger partial charge >= 0.3 is 0 Å². The van der Waals surface area contributed by atoms with Gasteiger partial charge in [0.2, 0.25) is 0 Å². The molecular weight excluding hydrogens is 252 g/mol. The van der Waals surface area contributed by atoms with Crippen LogP contribution in [-0.2, 0) is 11.3 Å². The van der Waals surface area contributed by atoms with Crippen molar-refractivity contribution in [2.75, 3.05) is 50.9 Å². The number of hydrogen-bond acceptors (Lipinski definition) is 4. The molecule has 2 saturated heterocycles. The van der Waals surface area contributed by atoms with Gasteiger partial charge in [0.05, 0.1) is 13.2 Å². The summed E-state index contributed by atoms with van der Waals surface area (Å²) in [4.78, 5) is 4.82. The van der Waals surface area contributed by atoms with Crippen LogP contribution in [0.3, 0.4) is 0 Å². The third-order valence-electron chi connectivity index (χ3n) is 4.35. The Bertz CT molecular complexity index is 415. The van der Waals surface area contributed by atoms with Gasteiger partial charge in [0.25, 0.3) is 0 Å². The summed E-state index contributed by atoms with van der Waals surface area (Å²) >= 11 is 0. The number of rotatable bonds is 4. The molecule has 1 aromatic rings. The van der Waals surface area contributed by atoms with E-state index < -0.39 is 0 Å². The van der Waals surface area contributed by atoms with Crippen LogP contribution < -0.4 is 4.90 Å². The maximum atomic E-state index is 9.19. The molecule has 0 amide bonds. The number of aliphatic hydroxyl groups excluding tert-OH is 1. The highest BCUT2D eigenvalue weighted by molar-refractivity contribution is 5.47. The van der Waals surface area contributed by atoms with Crippen LogP contribution in [0.5, 0.6) is 0 Å². The largest absolute Gasteiger partial charge is 0.396 e. The van der Waals surface area contributed by atoms with Crippen molar-refractivity contribution in [1.82, 2.24) is 4.90 Å². The van der Waals surface area contributed by atoms with Crippen molar-refractivity contribution >= 4 is 5.69 Å². The Hall–Kier alpha value is -1.10. The number of benzene rings is 1. The molecule has 3 rings (SSSR count). The second kappa shape index (κ2) is 6.57. The smallest absolute Gasteiger partial charge is 0.0642 e. The average molecular weight is 276 g/mol. The molecule has 0 saturated carbocycles. The Morgan fingerprint density at radius 3 is 2.50 bits per heavy atom. The molecule has 0 aromatic heterocycles. The van der Waals surface area contributed by atoms with Gasteiger partial charge in [-0.25, -0.2) is 0 Å². The minimum absolute atomic E-state index is 0.326. The van der Waals surface area contributed by atoms with Crippen LogP contribution in [0.1, 0.15) is 12.0 Å². The van der Waals surface area contributed by atoms with Crippen LogP contribution in [-0.4, -0.2) is 56.0 Å². The van der Waals surface area contributed by atoms with Crippen molar-refractivity contribution < 1.29 is 9.84 Å². The highest BCUT2D eigenvalue weighted by Gasteiger charge is 2.21. The van der Waals surface area contributed by atoms with E-state index in [0.717, 1.165) is 52.4 Å². The molecule has 1 aromatic carbocycles. The van der Waals surface area contributed by atoms with E-state index in [1.54, 1.807) is 0 Å². The number of hydrogen-bond donors (Lipinski definition) is 1. The third kappa shape index (κ3) is 3.32. The number of nitrogens with zero attached hydrogens (tertiary/aromatic N) is 2. The molecule has 0 spiro atoms. The molecule has 0 bridgehead atoms. The highest BCUT2D eigenvalue weighted by atomic mass is 16.5. The standard InChI is InChI=1S/C16H24N2O2/c19-13-15-5-6-17(12-15)11-14-1-3-16(4-2-14)18-7-9-20-10-8-18/h1-4,15,19H,5-13H2. The van der Waals surface area contributed by atoms with E-state index in [9.17, 15) is 5.11 Å². The highest BCUT2D eigenvalue weighted by Crippen LogP contribution is 2.20. The first-order valence-electron chi connectivity index (χ1n) is 7.60. The van der Waals surface area contributed by atoms with E-state index in [2.05, 4.69) is 34.1 Å². The van der Waals surface area contributed by atoms with Crippen LogP contribution in [0.2, 0.25) is 0 Å². The summed E-state index contributed by atoms with van der Waals surface area (Å²) in [5, 5.41) is 9.19. The summed E-state index contributed by atoms with van der Waals surface area (Å²) in [7, 11) is 0. The number of anilines is 1. The number of ether oxygens (including phenoxy) is 1. The first-order valence-corrected chi connectivity index (χ1v) is 7.60. The minimum Gasteiger partial charge on any atom is -0.396 e. The van der Waals surface area contributed by atoms with Crippen LogP contribution in [0.15, 0.2) is 24.3 Å². The van der Waals surface area contributed by atoms with Crippen molar-refractivity contribution in [3.8, 4) is 0 Å². The summed E-state index contributed by atoms with van der Waals surface area (Å²) in [6.07, 6.45) is 1.13. The molecule has 2 aliphatic rings. The maximum absolute atomic E-state index is 9.19. The second-order valence-electron chi connectivity index (χ2n) is 5.84. The van der Waals surface area contributed by atoms with E-state index in [1.165, 1.54) is 11.3 Å². The van der Waals surface area contributed by atoms with Gasteiger partial charge in [0, 0.05) is 38.5 Å². The van der Waals surface area contributed by atoms with Crippen molar-refractivity contribution in [3.05, 3.63) is 29.8 Å². The van der Waals surface area contributed by atoms with E-state index in [-0.39, 0.29) is 0 Å². The lowest BCUT2D eigenvalue weighted by atomic mass is 10.1. The zero-order valence-electron chi connectivity index (χ0n) is 12.0. The van der Waals surface area contributed by atoms with Gasteiger partial charge in [-0.1, -0.05) is 12.1 Å². The van der Waals surface area contributed by atoms with Gasteiger partial charge in [-0.05, 0) is 36.6 Å². The second-order valence-corrected chi connectivity index (χ2v) is 5.84. The Balaban J connectivity index is 1.56. The zero-order chi connectivity index (χ0) is 13.8. The van der Waals surface area contributed by atoms with Crippen molar-refractivity contribution in [3.63, 3.8) is 0 Å². The van der Waals surface area contributed by atoms with Crippen molar-refractivity contribution in [1.29, 1.82) is 0 Å². The van der Waals surface area contributed by atoms with E-state index in [0.29, 0.717) is 12.5 Å². The van der Waals surface area contributed by atoms with E-state index in [1.807, 2.05) is 0 Å². The molecule has 1 unspecified atom stereocenters. The summed E-state index contributed by atoms with van der Waals surface area (Å²) in [6.45, 7) is 7.11. The van der Waals surface area contributed by atoms with E-state index in [4.69, 9.17) is 4.74 Å². The molecule has 110 valence electrons. The van der Waals surface area contributed by atoms with Gasteiger partial charge in [-0.15, -0.1) is 0 Å². The average Bonchev–Trinajstić information content (AvgIpc) is 2.97. The maximum Gasteiger partial charge on any atom is 0.0642 e. The van der Waals surface area contributed by atoms with Crippen molar-refractivity contribution in [2.45, 2.75) is 13.0 Å². The van der Waals surface area contributed by atoms with Gasteiger partial charge in [0.1, 0.15) is 0 Å². The molecular formula is C16H24N2O2. The summed E-state index contributed by atoms with van der Waals surface area (Å²) in [5.74, 6) is 0.475. The quantitative estimate of drug-likeness (QED) is 0.900. The lowest BCUT2D eigenvalue weighted by Gasteiger charge is -2.29. The van der Waals surface area contributed by atoms with Crippen LogP contribution in [0.4, 0.5) is 5.69 Å². The fraction of sp³-hybridized carbons (Fsp3) is 0.625. The lowest BCUT2D eigenvalue weighted by molar-refractivity contribution is 0.122. The van der Waals surface area contributed by atoms with Crippen LogP contribution in [0, 0.1) is 5.92 Å². The van der Waals surface area contributed by atoms with Gasteiger partial charge in [0.15, 0.2) is 0 Å². The number of morpholine rings is 1. The Morgan fingerprint density at radius 2 is 1.85 bits per heavy atom. The third-order valence-corrected chi connectivity index (χ3v) is 4.35. The molecule has 2 fully saturated rings. The Morgan fingerprint density at radius 1 is 1.10 bits per heavy atom. The summed E-state index contributed by atoms with van der Waals surface area (Å²) < 4.78 is 5.39. The van der Waals surface area contributed by atoms with Gasteiger partial charge in [-0.3, -0.25) is 4.90 Å². The van der Waals surface area contributed by atoms with Crippen LogP contribution >= 0.6 is 0 Å². The molecule has 0 aliphatic carbocycles. The molecule has 20 heavy (non-hydrogen) atoms. The van der Waals surface area contributed by atoms with E-state index >= 15 is 0 Å². The zero-order valence-corrected chi connectivity index (χ0v) is 12.0. The number of likely N-dealkylation sites (tertiary alicyclic amines) is 1. The first kappa shape index (κ1) is 13.9. The minimum atomic E-state index is 0.326. The fourth-order valence-electron chi connectivity index (χ4n) is 3.10. The summed E-state index contributed by atoms with van der Waals surface area (Å²) in [5.41, 5.74) is 2.66. The van der Waals surface area contributed by atoms with Crippen LogP contribution in [0.25, 0.3) is 0 Å². The normalized spacial score (nSPS) is 24.2. The topological polar surface area (TPSA) is 35.9 Å². The first-order chi connectivity index (χ1) is 9.85. The predicted octanol–water partition coefficient (Wildman–Crippen LogP) is 1.34. The molecule has 0 radical (unpaired) electrons. The predicted molar refractivity (Wildman–Crippen MR) is 79.9 cm³/mol. The van der Waals surface area contributed by atoms with Gasteiger partial charge in [-0.2, -0.15) is 0 Å². The molecule has 2 aliphatic heterocycles. The Kier molecular flexibility index (Phi) is 4.55. The molecule has 1 atom stereocenters. The van der Waals surface area contributed by atoms with Gasteiger partial charge < -0.3 is 14.7 Å². The monoisotopic (exact) mass is 276 g/mol. The molecule has 4 heteroatoms. The van der Waals surface area contributed by atoms with Crippen molar-refractivity contribution in [2.24, 2.45) is 5.92 Å². The number of aliphatic hydroxyl groups is 1. The molecule has 2 heterocycles. The Labute approximate surface area is 120 Å². The summed E-state index contributed by atoms with van der Waals surface area (Å²) in [6, 6.07) is 8.91. The fourth-order valence-corrected chi connectivity index (χ4v) is 3.10.